The molecule has 20 heavy (non-hydrogen) atoms. The van der Waals surface area contributed by atoms with Crippen LogP contribution in [0.15, 0.2) is 30.6 Å². The van der Waals surface area contributed by atoms with Crippen molar-refractivity contribution >= 4 is 0 Å². The molecule has 3 nitrogen and oxygen atoms in total. The van der Waals surface area contributed by atoms with E-state index in [2.05, 4.69) is 54.3 Å². The largest absolute Gasteiger partial charge is 0.313 e. The standard InChI is InChI=1S/C17H23N3/c1-4-5-18-10-16-11-19-17(20-12-16)9-15-7-13(2)6-14(3)8-15/h6-8,11-12,18H,4-5,9-10H2,1-3H3. The van der Waals surface area contributed by atoms with Gasteiger partial charge in [-0.3, -0.25) is 0 Å². The summed E-state index contributed by atoms with van der Waals surface area (Å²) in [6, 6.07) is 6.59. The summed E-state index contributed by atoms with van der Waals surface area (Å²) in [4.78, 5) is 8.92. The molecule has 0 saturated carbocycles. The van der Waals surface area contributed by atoms with Gasteiger partial charge in [-0.05, 0) is 32.4 Å². The van der Waals surface area contributed by atoms with E-state index in [0.717, 1.165) is 37.3 Å². The van der Waals surface area contributed by atoms with Gasteiger partial charge >= 0.3 is 0 Å². The number of hydrogen-bond donors (Lipinski definition) is 1. The first-order valence-corrected chi connectivity index (χ1v) is 7.25. The van der Waals surface area contributed by atoms with Crippen molar-refractivity contribution in [2.45, 2.75) is 40.2 Å². The fourth-order valence-corrected chi connectivity index (χ4v) is 2.33. The van der Waals surface area contributed by atoms with E-state index in [1.807, 2.05) is 12.4 Å². The fraction of sp³-hybridized carbons (Fsp3) is 0.412. The summed E-state index contributed by atoms with van der Waals surface area (Å²) < 4.78 is 0. The summed E-state index contributed by atoms with van der Waals surface area (Å²) in [5.41, 5.74) is 5.00. The van der Waals surface area contributed by atoms with Crippen molar-refractivity contribution in [3.8, 4) is 0 Å². The minimum absolute atomic E-state index is 0.797. The molecule has 1 heterocycles. The Kier molecular flexibility index (Phi) is 5.24. The molecular formula is C17H23N3. The van der Waals surface area contributed by atoms with Gasteiger partial charge in [0.2, 0.25) is 0 Å². The Morgan fingerprint density at radius 1 is 0.950 bits per heavy atom. The van der Waals surface area contributed by atoms with Gasteiger partial charge < -0.3 is 5.32 Å². The Bertz CT molecular complexity index is 526. The zero-order chi connectivity index (χ0) is 14.4. The quantitative estimate of drug-likeness (QED) is 0.818. The Balaban J connectivity index is 1.99. The molecule has 0 fully saturated rings. The van der Waals surface area contributed by atoms with Crippen molar-refractivity contribution in [3.05, 3.63) is 58.7 Å². The van der Waals surface area contributed by atoms with Crippen LogP contribution in [0.5, 0.6) is 0 Å². The SMILES string of the molecule is CCCNCc1cnc(Cc2cc(C)cc(C)c2)nc1. The van der Waals surface area contributed by atoms with Crippen LogP contribution in [0.3, 0.4) is 0 Å². The maximum Gasteiger partial charge on any atom is 0.132 e. The number of aromatic nitrogens is 2. The van der Waals surface area contributed by atoms with E-state index in [1.165, 1.54) is 16.7 Å². The lowest BCUT2D eigenvalue weighted by atomic mass is 10.0. The highest BCUT2D eigenvalue weighted by molar-refractivity contribution is 5.30. The molecule has 2 aromatic rings. The van der Waals surface area contributed by atoms with Gasteiger partial charge in [0, 0.05) is 30.9 Å². The highest BCUT2D eigenvalue weighted by Gasteiger charge is 2.02. The predicted molar refractivity (Wildman–Crippen MR) is 82.8 cm³/mol. The molecular weight excluding hydrogens is 246 g/mol. The van der Waals surface area contributed by atoms with Crippen molar-refractivity contribution in [1.29, 1.82) is 0 Å². The molecule has 0 aliphatic rings. The summed E-state index contributed by atoms with van der Waals surface area (Å²) >= 11 is 0. The molecule has 0 aliphatic carbocycles. The molecule has 0 bridgehead atoms. The maximum atomic E-state index is 4.46. The number of rotatable bonds is 6. The average molecular weight is 269 g/mol. The van der Waals surface area contributed by atoms with Gasteiger partial charge in [-0.1, -0.05) is 36.2 Å². The van der Waals surface area contributed by atoms with Crippen LogP contribution in [-0.2, 0) is 13.0 Å². The molecule has 2 rings (SSSR count). The van der Waals surface area contributed by atoms with Gasteiger partial charge in [0.25, 0.3) is 0 Å². The molecule has 0 amide bonds. The van der Waals surface area contributed by atoms with Crippen LogP contribution in [0.4, 0.5) is 0 Å². The molecule has 0 aliphatic heterocycles. The van der Waals surface area contributed by atoms with E-state index in [9.17, 15) is 0 Å². The van der Waals surface area contributed by atoms with Crippen LogP contribution < -0.4 is 5.32 Å². The van der Waals surface area contributed by atoms with E-state index in [0.29, 0.717) is 0 Å². The molecule has 0 unspecified atom stereocenters. The summed E-state index contributed by atoms with van der Waals surface area (Å²) in [5.74, 6) is 0.884. The van der Waals surface area contributed by atoms with E-state index < -0.39 is 0 Å². The molecule has 0 radical (unpaired) electrons. The van der Waals surface area contributed by atoms with E-state index >= 15 is 0 Å². The monoisotopic (exact) mass is 269 g/mol. The molecule has 1 N–H and O–H groups in total. The maximum absolute atomic E-state index is 4.46. The van der Waals surface area contributed by atoms with Crippen LogP contribution in [-0.4, -0.2) is 16.5 Å². The smallest absolute Gasteiger partial charge is 0.132 e. The zero-order valence-electron chi connectivity index (χ0n) is 12.6. The molecule has 1 aromatic heterocycles. The van der Waals surface area contributed by atoms with Crippen molar-refractivity contribution in [3.63, 3.8) is 0 Å². The topological polar surface area (TPSA) is 37.8 Å². The predicted octanol–water partition coefficient (Wildman–Crippen LogP) is 3.18. The van der Waals surface area contributed by atoms with Crippen molar-refractivity contribution in [2.75, 3.05) is 6.54 Å². The van der Waals surface area contributed by atoms with Gasteiger partial charge in [0.15, 0.2) is 0 Å². The summed E-state index contributed by atoms with van der Waals surface area (Å²) in [7, 11) is 0. The third-order valence-electron chi connectivity index (χ3n) is 3.16. The van der Waals surface area contributed by atoms with Crippen LogP contribution >= 0.6 is 0 Å². The number of nitrogens with zero attached hydrogens (tertiary/aromatic N) is 2. The van der Waals surface area contributed by atoms with Gasteiger partial charge in [-0.25, -0.2) is 9.97 Å². The highest BCUT2D eigenvalue weighted by Crippen LogP contribution is 2.11. The van der Waals surface area contributed by atoms with Gasteiger partial charge in [0.1, 0.15) is 5.82 Å². The van der Waals surface area contributed by atoms with Crippen LogP contribution in [0.25, 0.3) is 0 Å². The third kappa shape index (κ3) is 4.42. The summed E-state index contributed by atoms with van der Waals surface area (Å²) in [6.07, 6.45) is 5.79. The lowest BCUT2D eigenvalue weighted by Gasteiger charge is -2.06. The molecule has 0 spiro atoms. The molecule has 0 atom stereocenters. The zero-order valence-corrected chi connectivity index (χ0v) is 12.6. The highest BCUT2D eigenvalue weighted by atomic mass is 14.9. The summed E-state index contributed by atoms with van der Waals surface area (Å²) in [5, 5.41) is 3.36. The van der Waals surface area contributed by atoms with Crippen molar-refractivity contribution in [1.82, 2.24) is 15.3 Å². The second-order valence-corrected chi connectivity index (χ2v) is 5.36. The lowest BCUT2D eigenvalue weighted by Crippen LogP contribution is -2.14. The van der Waals surface area contributed by atoms with Crippen LogP contribution in [0, 0.1) is 13.8 Å². The lowest BCUT2D eigenvalue weighted by molar-refractivity contribution is 0.670. The van der Waals surface area contributed by atoms with Gasteiger partial charge in [-0.15, -0.1) is 0 Å². The Morgan fingerprint density at radius 3 is 2.20 bits per heavy atom. The third-order valence-corrected chi connectivity index (χ3v) is 3.16. The number of nitrogens with one attached hydrogen (secondary N) is 1. The fourth-order valence-electron chi connectivity index (χ4n) is 2.33. The Morgan fingerprint density at radius 2 is 1.60 bits per heavy atom. The molecule has 106 valence electrons. The van der Waals surface area contributed by atoms with Gasteiger partial charge in [0.05, 0.1) is 0 Å². The van der Waals surface area contributed by atoms with Crippen molar-refractivity contribution in [2.24, 2.45) is 0 Å². The average Bonchev–Trinajstić information content (AvgIpc) is 2.40. The van der Waals surface area contributed by atoms with E-state index in [-0.39, 0.29) is 0 Å². The van der Waals surface area contributed by atoms with Crippen LogP contribution in [0.2, 0.25) is 0 Å². The van der Waals surface area contributed by atoms with Crippen LogP contribution in [0.1, 0.15) is 41.4 Å². The second-order valence-electron chi connectivity index (χ2n) is 5.36. The van der Waals surface area contributed by atoms with Gasteiger partial charge in [-0.2, -0.15) is 0 Å². The number of benzene rings is 1. The first kappa shape index (κ1) is 14.7. The first-order chi connectivity index (χ1) is 9.67. The van der Waals surface area contributed by atoms with E-state index in [4.69, 9.17) is 0 Å². The van der Waals surface area contributed by atoms with E-state index in [1.54, 1.807) is 0 Å². The second kappa shape index (κ2) is 7.15. The molecule has 1 aromatic carbocycles. The minimum Gasteiger partial charge on any atom is -0.313 e. The Hall–Kier alpha value is -1.74. The van der Waals surface area contributed by atoms with Crippen molar-refractivity contribution < 1.29 is 0 Å². The first-order valence-electron chi connectivity index (χ1n) is 7.25. The molecule has 0 saturated heterocycles. The normalized spacial score (nSPS) is 10.8. The number of aryl methyl sites for hydroxylation is 2. The molecule has 3 heteroatoms. The summed E-state index contributed by atoms with van der Waals surface area (Å²) in [6.45, 7) is 8.29. The minimum atomic E-state index is 0.797. The number of hydrogen-bond acceptors (Lipinski definition) is 3. The Labute approximate surface area is 121 Å².